The van der Waals surface area contributed by atoms with Gasteiger partial charge in [-0.25, -0.2) is 0 Å². The van der Waals surface area contributed by atoms with Crippen LogP contribution in [0.3, 0.4) is 0 Å². The smallest absolute Gasteiger partial charge is 0.133 e. The van der Waals surface area contributed by atoms with Gasteiger partial charge in [-0.2, -0.15) is 0 Å². The van der Waals surface area contributed by atoms with Crippen molar-refractivity contribution in [2.45, 2.75) is 71.1 Å². The van der Waals surface area contributed by atoms with Gasteiger partial charge in [0.15, 0.2) is 0 Å². The van der Waals surface area contributed by atoms with Crippen LogP contribution in [0.25, 0.3) is 11.1 Å². The molecule has 27 heavy (non-hydrogen) atoms. The number of unbranched alkanes of at least 4 members (excludes halogenated alkanes) is 2. The van der Waals surface area contributed by atoms with Gasteiger partial charge in [-0.3, -0.25) is 0 Å². The Bertz CT molecular complexity index is 686. The normalized spacial score (nSPS) is 15.0. The molecule has 0 aromatic heterocycles. The third-order valence-electron chi connectivity index (χ3n) is 5.79. The van der Waals surface area contributed by atoms with Gasteiger partial charge in [-0.15, -0.1) is 0 Å². The first-order valence-electron chi connectivity index (χ1n) is 10.8. The molecule has 2 aromatic rings. The Hall–Kier alpha value is -1.28. The predicted octanol–water partition coefficient (Wildman–Crippen LogP) is 8.20. The van der Waals surface area contributed by atoms with Crippen molar-refractivity contribution in [2.75, 3.05) is 6.61 Å². The molecule has 2 heteroatoms. The molecule has 0 aliphatic heterocycles. The molecule has 0 bridgehead atoms. The highest BCUT2D eigenvalue weighted by atomic mass is 79.9. The quantitative estimate of drug-likeness (QED) is 0.365. The van der Waals surface area contributed by atoms with Crippen LogP contribution in [-0.2, 0) is 6.42 Å². The molecule has 3 rings (SSSR count). The number of ether oxygens (including phenoxy) is 1. The van der Waals surface area contributed by atoms with Crippen LogP contribution >= 0.6 is 15.9 Å². The summed E-state index contributed by atoms with van der Waals surface area (Å²) in [5, 5.41) is 0. The number of benzene rings is 2. The molecule has 2 aromatic carbocycles. The first kappa shape index (κ1) is 20.5. The largest absolute Gasteiger partial charge is 0.492 e. The zero-order valence-corrected chi connectivity index (χ0v) is 18.3. The molecule has 0 saturated heterocycles. The summed E-state index contributed by atoms with van der Waals surface area (Å²) < 4.78 is 6.93. The van der Waals surface area contributed by atoms with E-state index in [1.165, 1.54) is 74.5 Å². The van der Waals surface area contributed by atoms with Crippen LogP contribution in [0, 0.1) is 5.92 Å². The van der Waals surface area contributed by atoms with Crippen LogP contribution in [0.4, 0.5) is 0 Å². The summed E-state index contributed by atoms with van der Waals surface area (Å²) in [7, 11) is 0. The van der Waals surface area contributed by atoms with Crippen LogP contribution in [0.5, 0.6) is 5.75 Å². The molecule has 0 amide bonds. The standard InChI is InChI=1S/C25H33BrO/c1-2-3-7-18-27-25-17-16-23(19-24(25)26)22-14-12-21(13-15-22)11-10-20-8-5-4-6-9-20/h12-17,19-20H,2-11,18H2,1H3. The zero-order chi connectivity index (χ0) is 18.9. The van der Waals surface area contributed by atoms with Gasteiger partial charge in [-0.05, 0) is 69.9 Å². The summed E-state index contributed by atoms with van der Waals surface area (Å²) in [6.07, 6.45) is 13.4. The molecule has 0 heterocycles. The van der Waals surface area contributed by atoms with E-state index in [1.54, 1.807) is 0 Å². The van der Waals surface area contributed by atoms with Crippen molar-refractivity contribution in [2.24, 2.45) is 5.92 Å². The third-order valence-corrected chi connectivity index (χ3v) is 6.41. The van der Waals surface area contributed by atoms with Gasteiger partial charge in [0, 0.05) is 0 Å². The average molecular weight is 429 g/mol. The van der Waals surface area contributed by atoms with E-state index in [0.29, 0.717) is 0 Å². The highest BCUT2D eigenvalue weighted by Gasteiger charge is 2.13. The molecule has 1 nitrogen and oxygen atoms in total. The summed E-state index contributed by atoms with van der Waals surface area (Å²) in [5.41, 5.74) is 3.98. The molecule has 0 spiro atoms. The number of rotatable bonds is 9. The highest BCUT2D eigenvalue weighted by Crippen LogP contribution is 2.32. The van der Waals surface area contributed by atoms with Crippen molar-refractivity contribution in [3.63, 3.8) is 0 Å². The SMILES string of the molecule is CCCCCOc1ccc(-c2ccc(CCC3CCCCC3)cc2)cc1Br. The Morgan fingerprint density at radius 2 is 1.67 bits per heavy atom. The molecule has 1 saturated carbocycles. The monoisotopic (exact) mass is 428 g/mol. The molecular formula is C25H33BrO. The second-order valence-corrected chi connectivity index (χ2v) is 8.79. The van der Waals surface area contributed by atoms with Gasteiger partial charge >= 0.3 is 0 Å². The van der Waals surface area contributed by atoms with E-state index < -0.39 is 0 Å². The highest BCUT2D eigenvalue weighted by molar-refractivity contribution is 9.10. The zero-order valence-electron chi connectivity index (χ0n) is 16.7. The Kier molecular flexibility index (Phi) is 8.26. The van der Waals surface area contributed by atoms with Crippen molar-refractivity contribution < 1.29 is 4.74 Å². The number of hydrogen-bond acceptors (Lipinski definition) is 1. The minimum Gasteiger partial charge on any atom is -0.492 e. The van der Waals surface area contributed by atoms with Crippen molar-refractivity contribution in [3.05, 3.63) is 52.5 Å². The summed E-state index contributed by atoms with van der Waals surface area (Å²) in [6, 6.07) is 15.6. The van der Waals surface area contributed by atoms with Crippen LogP contribution in [0.1, 0.15) is 70.3 Å². The van der Waals surface area contributed by atoms with Gasteiger partial charge in [0.2, 0.25) is 0 Å². The lowest BCUT2D eigenvalue weighted by atomic mass is 9.85. The second kappa shape index (κ2) is 10.9. The van der Waals surface area contributed by atoms with E-state index in [1.807, 2.05) is 0 Å². The Morgan fingerprint density at radius 3 is 2.37 bits per heavy atom. The minimum absolute atomic E-state index is 0.793. The molecule has 0 unspecified atom stereocenters. The third kappa shape index (κ3) is 6.38. The maximum Gasteiger partial charge on any atom is 0.133 e. The lowest BCUT2D eigenvalue weighted by Crippen LogP contribution is -2.07. The van der Waals surface area contributed by atoms with Crippen LogP contribution in [0.2, 0.25) is 0 Å². The fraction of sp³-hybridized carbons (Fsp3) is 0.520. The predicted molar refractivity (Wildman–Crippen MR) is 119 cm³/mol. The van der Waals surface area contributed by atoms with Crippen molar-refractivity contribution >= 4 is 15.9 Å². The molecular weight excluding hydrogens is 396 g/mol. The second-order valence-electron chi connectivity index (χ2n) is 7.94. The maximum absolute atomic E-state index is 5.89. The molecule has 1 aliphatic rings. The number of halogens is 1. The fourth-order valence-electron chi connectivity index (χ4n) is 4.04. The van der Waals surface area contributed by atoms with Crippen molar-refractivity contribution in [1.82, 2.24) is 0 Å². The lowest BCUT2D eigenvalue weighted by molar-refractivity contribution is 0.304. The van der Waals surface area contributed by atoms with Crippen LogP contribution in [-0.4, -0.2) is 6.61 Å². The summed E-state index contributed by atoms with van der Waals surface area (Å²) in [6.45, 7) is 3.01. The first-order chi connectivity index (χ1) is 13.3. The average Bonchev–Trinajstić information content (AvgIpc) is 2.72. The van der Waals surface area contributed by atoms with E-state index in [4.69, 9.17) is 4.74 Å². The number of aryl methyl sites for hydroxylation is 1. The van der Waals surface area contributed by atoms with Gasteiger partial charge in [0.05, 0.1) is 11.1 Å². The Morgan fingerprint density at radius 1 is 0.926 bits per heavy atom. The fourth-order valence-corrected chi connectivity index (χ4v) is 4.54. The summed E-state index contributed by atoms with van der Waals surface area (Å²) >= 11 is 3.67. The Balaban J connectivity index is 1.55. The lowest BCUT2D eigenvalue weighted by Gasteiger charge is -2.21. The van der Waals surface area contributed by atoms with Crippen molar-refractivity contribution in [1.29, 1.82) is 0 Å². The minimum atomic E-state index is 0.793. The number of hydrogen-bond donors (Lipinski definition) is 0. The van der Waals surface area contributed by atoms with E-state index in [2.05, 4.69) is 65.3 Å². The first-order valence-corrected chi connectivity index (χ1v) is 11.6. The van der Waals surface area contributed by atoms with Gasteiger partial charge in [-0.1, -0.05) is 82.2 Å². The van der Waals surface area contributed by atoms with E-state index in [-0.39, 0.29) is 0 Å². The maximum atomic E-state index is 5.89. The van der Waals surface area contributed by atoms with Crippen LogP contribution < -0.4 is 4.74 Å². The summed E-state index contributed by atoms with van der Waals surface area (Å²) in [4.78, 5) is 0. The van der Waals surface area contributed by atoms with E-state index in [9.17, 15) is 0 Å². The topological polar surface area (TPSA) is 9.23 Å². The van der Waals surface area contributed by atoms with E-state index >= 15 is 0 Å². The van der Waals surface area contributed by atoms with Gasteiger partial charge in [0.25, 0.3) is 0 Å². The Labute approximate surface area is 173 Å². The van der Waals surface area contributed by atoms with Gasteiger partial charge < -0.3 is 4.74 Å². The summed E-state index contributed by atoms with van der Waals surface area (Å²) in [5.74, 6) is 1.90. The molecule has 1 fully saturated rings. The van der Waals surface area contributed by atoms with Gasteiger partial charge in [0.1, 0.15) is 5.75 Å². The molecule has 0 radical (unpaired) electrons. The van der Waals surface area contributed by atoms with Crippen LogP contribution in [0.15, 0.2) is 46.9 Å². The molecule has 0 atom stereocenters. The van der Waals surface area contributed by atoms with E-state index in [0.717, 1.165) is 29.2 Å². The molecule has 0 N–H and O–H groups in total. The molecule has 1 aliphatic carbocycles. The van der Waals surface area contributed by atoms with Crippen molar-refractivity contribution in [3.8, 4) is 16.9 Å². The molecule has 146 valence electrons.